The van der Waals surface area contributed by atoms with E-state index in [9.17, 15) is 19.2 Å². The SMILES string of the molecule is CNC(=O)CN1C(=O)NC(=O)C2(CCCCCC2)C1=O. The molecule has 0 bridgehead atoms. The Bertz CT molecular complexity index is 453. The molecule has 1 spiro atoms. The maximum Gasteiger partial charge on any atom is 0.331 e. The fourth-order valence-electron chi connectivity index (χ4n) is 2.87. The minimum absolute atomic E-state index is 0.351. The summed E-state index contributed by atoms with van der Waals surface area (Å²) in [6.45, 7) is -0.351. The van der Waals surface area contributed by atoms with Crippen LogP contribution in [0.2, 0.25) is 0 Å². The first kappa shape index (κ1) is 14.5. The van der Waals surface area contributed by atoms with Crippen molar-refractivity contribution < 1.29 is 19.2 Å². The van der Waals surface area contributed by atoms with Crippen LogP contribution in [0.25, 0.3) is 0 Å². The average Bonchev–Trinajstić information content (AvgIpc) is 2.68. The number of likely N-dealkylation sites (N-methyl/N-ethyl adjacent to an activating group) is 1. The van der Waals surface area contributed by atoms with Gasteiger partial charge in [0.2, 0.25) is 17.7 Å². The molecule has 110 valence electrons. The standard InChI is InChI=1S/C13H19N3O4/c1-14-9(17)8-16-11(19)13(10(18)15-12(16)20)6-4-2-3-5-7-13/h2-8H2,1H3,(H,14,17)(H,15,18,20). The molecule has 1 aliphatic heterocycles. The highest BCUT2D eigenvalue weighted by atomic mass is 16.2. The lowest BCUT2D eigenvalue weighted by Gasteiger charge is -2.38. The van der Waals surface area contributed by atoms with Crippen molar-refractivity contribution >= 4 is 23.8 Å². The van der Waals surface area contributed by atoms with Gasteiger partial charge in [-0.15, -0.1) is 0 Å². The quantitative estimate of drug-likeness (QED) is 0.704. The molecule has 7 heteroatoms. The maximum absolute atomic E-state index is 12.6. The van der Waals surface area contributed by atoms with Crippen molar-refractivity contribution in [2.24, 2.45) is 5.41 Å². The van der Waals surface area contributed by atoms with Crippen LogP contribution in [0.5, 0.6) is 0 Å². The smallest absolute Gasteiger partial charge is 0.331 e. The average molecular weight is 281 g/mol. The van der Waals surface area contributed by atoms with Crippen molar-refractivity contribution in [1.82, 2.24) is 15.5 Å². The topological polar surface area (TPSA) is 95.6 Å². The fraction of sp³-hybridized carbons (Fsp3) is 0.692. The van der Waals surface area contributed by atoms with Crippen LogP contribution in [-0.2, 0) is 14.4 Å². The van der Waals surface area contributed by atoms with Gasteiger partial charge < -0.3 is 5.32 Å². The van der Waals surface area contributed by atoms with Gasteiger partial charge in [0.1, 0.15) is 12.0 Å². The molecule has 0 unspecified atom stereocenters. The highest BCUT2D eigenvalue weighted by molar-refractivity contribution is 6.19. The van der Waals surface area contributed by atoms with E-state index in [4.69, 9.17) is 0 Å². The number of carbonyl (C=O) groups is 4. The number of imide groups is 2. The highest BCUT2D eigenvalue weighted by Crippen LogP contribution is 2.38. The third kappa shape index (κ3) is 2.39. The second-order valence-electron chi connectivity index (χ2n) is 5.32. The minimum Gasteiger partial charge on any atom is -0.358 e. The van der Waals surface area contributed by atoms with Crippen molar-refractivity contribution in [2.45, 2.75) is 38.5 Å². The van der Waals surface area contributed by atoms with Crippen LogP contribution in [-0.4, -0.2) is 42.2 Å². The largest absolute Gasteiger partial charge is 0.358 e. The van der Waals surface area contributed by atoms with Crippen molar-refractivity contribution in [3.05, 3.63) is 0 Å². The number of nitrogens with one attached hydrogen (secondary N) is 2. The number of barbiturate groups is 1. The van der Waals surface area contributed by atoms with E-state index < -0.39 is 29.2 Å². The molecule has 2 fully saturated rings. The summed E-state index contributed by atoms with van der Waals surface area (Å²) in [5, 5.41) is 4.60. The third-order valence-corrected chi connectivity index (χ3v) is 4.09. The lowest BCUT2D eigenvalue weighted by Crippen LogP contribution is -2.64. The van der Waals surface area contributed by atoms with E-state index in [0.717, 1.165) is 30.6 Å². The van der Waals surface area contributed by atoms with Crippen molar-refractivity contribution in [3.8, 4) is 0 Å². The van der Waals surface area contributed by atoms with Crippen LogP contribution in [0.4, 0.5) is 4.79 Å². The number of amides is 5. The fourth-order valence-corrected chi connectivity index (χ4v) is 2.87. The van der Waals surface area contributed by atoms with E-state index >= 15 is 0 Å². The summed E-state index contributed by atoms with van der Waals surface area (Å²) in [6, 6.07) is -0.807. The van der Waals surface area contributed by atoms with E-state index in [1.54, 1.807) is 0 Å². The predicted octanol–water partition coefficient (Wildman–Crippen LogP) is 0.151. The Morgan fingerprint density at radius 2 is 1.80 bits per heavy atom. The molecule has 1 aliphatic carbocycles. The number of nitrogens with zero attached hydrogens (tertiary/aromatic N) is 1. The van der Waals surface area contributed by atoms with Crippen LogP contribution in [0.1, 0.15) is 38.5 Å². The lowest BCUT2D eigenvalue weighted by molar-refractivity contribution is -0.154. The Morgan fingerprint density at radius 1 is 1.20 bits per heavy atom. The molecule has 2 aliphatic rings. The van der Waals surface area contributed by atoms with Gasteiger partial charge in [0.25, 0.3) is 0 Å². The number of hydrogen-bond donors (Lipinski definition) is 2. The van der Waals surface area contributed by atoms with Crippen molar-refractivity contribution in [3.63, 3.8) is 0 Å². The molecular formula is C13H19N3O4. The van der Waals surface area contributed by atoms with Gasteiger partial charge in [0.05, 0.1) is 0 Å². The summed E-state index contributed by atoms with van der Waals surface area (Å²) in [7, 11) is 1.43. The summed E-state index contributed by atoms with van der Waals surface area (Å²) < 4.78 is 0. The third-order valence-electron chi connectivity index (χ3n) is 4.09. The van der Waals surface area contributed by atoms with E-state index in [1.807, 2.05) is 0 Å². The number of hydrogen-bond acceptors (Lipinski definition) is 4. The van der Waals surface area contributed by atoms with Crippen molar-refractivity contribution in [1.29, 1.82) is 0 Å². The van der Waals surface area contributed by atoms with Crippen LogP contribution in [0.15, 0.2) is 0 Å². The Hall–Kier alpha value is -1.92. The lowest BCUT2D eigenvalue weighted by atomic mass is 9.77. The zero-order valence-electron chi connectivity index (χ0n) is 11.5. The van der Waals surface area contributed by atoms with Gasteiger partial charge >= 0.3 is 6.03 Å². The van der Waals surface area contributed by atoms with E-state index in [1.165, 1.54) is 7.05 Å². The molecule has 5 amide bonds. The summed E-state index contributed by atoms with van der Waals surface area (Å²) in [4.78, 5) is 48.8. The molecule has 0 radical (unpaired) electrons. The first-order chi connectivity index (χ1) is 9.51. The molecule has 1 saturated carbocycles. The highest BCUT2D eigenvalue weighted by Gasteiger charge is 2.53. The maximum atomic E-state index is 12.6. The zero-order chi connectivity index (χ0) is 14.8. The molecule has 20 heavy (non-hydrogen) atoms. The Balaban J connectivity index is 2.27. The van der Waals surface area contributed by atoms with Gasteiger partial charge in [0, 0.05) is 7.05 Å². The van der Waals surface area contributed by atoms with E-state index in [2.05, 4.69) is 10.6 Å². The molecule has 7 nitrogen and oxygen atoms in total. The zero-order valence-corrected chi connectivity index (χ0v) is 11.5. The Morgan fingerprint density at radius 3 is 2.35 bits per heavy atom. The van der Waals surface area contributed by atoms with Crippen LogP contribution < -0.4 is 10.6 Å². The Kier molecular flexibility index (Phi) is 4.06. The molecule has 2 rings (SSSR count). The molecule has 0 aromatic heterocycles. The van der Waals surface area contributed by atoms with Gasteiger partial charge in [-0.3, -0.25) is 24.6 Å². The summed E-state index contributed by atoms with van der Waals surface area (Å²) in [6.07, 6.45) is 4.39. The summed E-state index contributed by atoms with van der Waals surface area (Å²) >= 11 is 0. The molecule has 1 saturated heterocycles. The number of urea groups is 1. The molecule has 2 N–H and O–H groups in total. The minimum atomic E-state index is -1.17. The summed E-state index contributed by atoms with van der Waals surface area (Å²) in [5.74, 6) is -1.48. The molecule has 1 heterocycles. The van der Waals surface area contributed by atoms with Crippen molar-refractivity contribution in [2.75, 3.05) is 13.6 Å². The molecule has 0 atom stereocenters. The molecular weight excluding hydrogens is 262 g/mol. The first-order valence-corrected chi connectivity index (χ1v) is 6.89. The van der Waals surface area contributed by atoms with Crippen LogP contribution in [0.3, 0.4) is 0 Å². The van der Waals surface area contributed by atoms with Crippen LogP contribution in [0, 0.1) is 5.41 Å². The van der Waals surface area contributed by atoms with Gasteiger partial charge in [-0.25, -0.2) is 4.79 Å². The Labute approximate surface area is 117 Å². The van der Waals surface area contributed by atoms with E-state index in [-0.39, 0.29) is 6.54 Å². The van der Waals surface area contributed by atoms with Gasteiger partial charge in [-0.2, -0.15) is 0 Å². The monoisotopic (exact) mass is 281 g/mol. The second kappa shape index (κ2) is 5.60. The predicted molar refractivity (Wildman–Crippen MR) is 69.5 cm³/mol. The number of carbonyl (C=O) groups excluding carboxylic acids is 4. The van der Waals surface area contributed by atoms with Gasteiger partial charge in [-0.05, 0) is 12.8 Å². The van der Waals surface area contributed by atoms with E-state index in [0.29, 0.717) is 12.8 Å². The summed E-state index contributed by atoms with van der Waals surface area (Å²) in [5.41, 5.74) is -1.17. The second-order valence-corrected chi connectivity index (χ2v) is 5.32. The normalized spacial score (nSPS) is 22.4. The molecule has 0 aromatic rings. The first-order valence-electron chi connectivity index (χ1n) is 6.89. The molecule has 0 aromatic carbocycles. The van der Waals surface area contributed by atoms with Gasteiger partial charge in [0.15, 0.2) is 0 Å². The van der Waals surface area contributed by atoms with Gasteiger partial charge in [-0.1, -0.05) is 25.7 Å². The number of rotatable bonds is 2. The van der Waals surface area contributed by atoms with Crippen LogP contribution >= 0.6 is 0 Å².